The molecule has 56 heavy (non-hydrogen) atoms. The van der Waals surface area contributed by atoms with Gasteiger partial charge in [0.15, 0.2) is 5.82 Å². The second-order valence-electron chi connectivity index (χ2n) is 14.0. The van der Waals surface area contributed by atoms with E-state index in [1.165, 1.54) is 25.7 Å². The Morgan fingerprint density at radius 2 is 1.02 bits per heavy atom. The molecule has 0 N–H and O–H groups in total. The minimum absolute atomic E-state index is 0.691. The third-order valence-corrected chi connectivity index (χ3v) is 11.9. The normalized spacial score (nSPS) is 11.6. The summed E-state index contributed by atoms with van der Waals surface area (Å²) in [5, 5.41) is 4.79. The number of para-hydroxylation sites is 1. The van der Waals surface area contributed by atoms with Gasteiger partial charge in [0.05, 0.1) is 11.4 Å². The lowest BCUT2D eigenvalue weighted by Gasteiger charge is -2.12. The van der Waals surface area contributed by atoms with Gasteiger partial charge in [-0.3, -0.25) is 4.98 Å². The molecule has 4 nitrogen and oxygen atoms in total. The maximum Gasteiger partial charge on any atom is 0.160 e. The Balaban J connectivity index is 1.02. The summed E-state index contributed by atoms with van der Waals surface area (Å²) in [4.78, 5) is 14.3. The molecule has 0 saturated heterocycles. The maximum atomic E-state index is 6.74. The minimum atomic E-state index is 0.691. The number of benzene rings is 7. The smallest absolute Gasteiger partial charge is 0.160 e. The van der Waals surface area contributed by atoms with Gasteiger partial charge >= 0.3 is 0 Å². The first-order valence-electron chi connectivity index (χ1n) is 18.7. The summed E-state index contributed by atoms with van der Waals surface area (Å²) in [5.74, 6) is 0.691. The molecule has 0 amide bonds. The molecule has 4 aromatic heterocycles. The highest BCUT2D eigenvalue weighted by Crippen LogP contribution is 2.46. The lowest BCUT2D eigenvalue weighted by molar-refractivity contribution is 0.670. The molecule has 11 aromatic rings. The number of furan rings is 1. The molecule has 0 aliphatic carbocycles. The predicted octanol–water partition coefficient (Wildman–Crippen LogP) is 14.1. The molecular weight excluding hydrogens is 703 g/mol. The first kappa shape index (κ1) is 32.2. The molecule has 0 aliphatic heterocycles. The highest BCUT2D eigenvalue weighted by molar-refractivity contribution is 7.26. The summed E-state index contributed by atoms with van der Waals surface area (Å²) in [7, 11) is 0. The quantitative estimate of drug-likeness (QED) is 0.171. The summed E-state index contributed by atoms with van der Waals surface area (Å²) >= 11 is 1.84. The third kappa shape index (κ3) is 5.48. The highest BCUT2D eigenvalue weighted by atomic mass is 32.1. The van der Waals surface area contributed by atoms with Crippen LogP contribution in [0.25, 0.3) is 109 Å². The molecule has 0 radical (unpaired) electrons. The van der Waals surface area contributed by atoms with Crippen molar-refractivity contribution in [2.75, 3.05) is 0 Å². The van der Waals surface area contributed by atoms with Crippen molar-refractivity contribution in [3.63, 3.8) is 0 Å². The molecule has 11 rings (SSSR count). The highest BCUT2D eigenvalue weighted by Gasteiger charge is 2.20. The monoisotopic (exact) mass is 733 g/mol. The van der Waals surface area contributed by atoms with Crippen molar-refractivity contribution in [3.05, 3.63) is 188 Å². The largest absolute Gasteiger partial charge is 0.455 e. The van der Waals surface area contributed by atoms with Gasteiger partial charge in [0.1, 0.15) is 11.2 Å². The first-order valence-corrected chi connectivity index (χ1v) is 19.5. The second kappa shape index (κ2) is 13.3. The fraction of sp³-hybridized carbons (Fsp3) is 0. The lowest BCUT2D eigenvalue weighted by atomic mass is 9.93. The van der Waals surface area contributed by atoms with E-state index in [1.54, 1.807) is 0 Å². The first-order chi connectivity index (χ1) is 27.7. The SMILES string of the molecule is c1ccc(-c2nc(-c3ccc(-c4ccncc4)cc3)cc(-c3ccc(-c4ccc(-c5cccc6c5sc5ccccc56)c5oc6ccccc6c45)cc3)n2)cc1. The Kier molecular flexibility index (Phi) is 7.64. The number of hydrogen-bond acceptors (Lipinski definition) is 5. The molecular formula is C51H31N3OS. The molecule has 7 aromatic carbocycles. The molecule has 262 valence electrons. The van der Waals surface area contributed by atoms with Crippen molar-refractivity contribution in [2.45, 2.75) is 0 Å². The van der Waals surface area contributed by atoms with Crippen LogP contribution in [0.15, 0.2) is 193 Å². The van der Waals surface area contributed by atoms with Gasteiger partial charge in [0, 0.05) is 71.2 Å². The second-order valence-corrected chi connectivity index (χ2v) is 15.0. The van der Waals surface area contributed by atoms with Crippen LogP contribution in [0.4, 0.5) is 0 Å². The van der Waals surface area contributed by atoms with Gasteiger partial charge in [-0.05, 0) is 58.7 Å². The molecule has 0 saturated carbocycles. The van der Waals surface area contributed by atoms with Crippen LogP contribution in [-0.4, -0.2) is 15.0 Å². The molecule has 0 bridgehead atoms. The number of hydrogen-bond donors (Lipinski definition) is 0. The number of fused-ring (bicyclic) bond motifs is 6. The van der Waals surface area contributed by atoms with E-state index in [0.29, 0.717) is 5.82 Å². The maximum absolute atomic E-state index is 6.74. The van der Waals surface area contributed by atoms with Gasteiger partial charge in [0.25, 0.3) is 0 Å². The van der Waals surface area contributed by atoms with E-state index >= 15 is 0 Å². The number of nitrogens with zero attached hydrogens (tertiary/aromatic N) is 3. The summed E-state index contributed by atoms with van der Waals surface area (Å²) in [6.07, 6.45) is 3.64. The number of rotatable bonds is 6. The third-order valence-electron chi connectivity index (χ3n) is 10.7. The van der Waals surface area contributed by atoms with E-state index in [9.17, 15) is 0 Å². The molecule has 0 atom stereocenters. The number of aromatic nitrogens is 3. The van der Waals surface area contributed by atoms with Crippen LogP contribution in [0.5, 0.6) is 0 Å². The van der Waals surface area contributed by atoms with Crippen molar-refractivity contribution >= 4 is 53.4 Å². The van der Waals surface area contributed by atoms with Crippen molar-refractivity contribution in [1.82, 2.24) is 15.0 Å². The Bertz CT molecular complexity index is 3220. The summed E-state index contributed by atoms with van der Waals surface area (Å²) < 4.78 is 9.31. The molecule has 5 heteroatoms. The van der Waals surface area contributed by atoms with Crippen molar-refractivity contribution < 1.29 is 4.42 Å². The van der Waals surface area contributed by atoms with Crippen molar-refractivity contribution in [1.29, 1.82) is 0 Å². The van der Waals surface area contributed by atoms with Gasteiger partial charge < -0.3 is 4.42 Å². The summed E-state index contributed by atoms with van der Waals surface area (Å²) in [6, 6.07) is 61.7. The molecule has 0 aliphatic rings. The Morgan fingerprint density at radius 1 is 0.411 bits per heavy atom. The zero-order valence-corrected chi connectivity index (χ0v) is 30.9. The average Bonchev–Trinajstić information content (AvgIpc) is 3.86. The van der Waals surface area contributed by atoms with E-state index in [1.807, 2.05) is 60.1 Å². The van der Waals surface area contributed by atoms with Crippen LogP contribution >= 0.6 is 11.3 Å². The van der Waals surface area contributed by atoms with E-state index in [2.05, 4.69) is 145 Å². The van der Waals surface area contributed by atoms with E-state index in [-0.39, 0.29) is 0 Å². The molecule has 0 unspecified atom stereocenters. The molecule has 0 fully saturated rings. The van der Waals surface area contributed by atoms with Crippen LogP contribution in [0, 0.1) is 0 Å². The number of thiophene rings is 1. The van der Waals surface area contributed by atoms with Crippen LogP contribution in [0.1, 0.15) is 0 Å². The Hall–Kier alpha value is -7.21. The van der Waals surface area contributed by atoms with Crippen LogP contribution in [-0.2, 0) is 0 Å². The van der Waals surface area contributed by atoms with Gasteiger partial charge in [0.2, 0.25) is 0 Å². The fourth-order valence-electron chi connectivity index (χ4n) is 7.90. The van der Waals surface area contributed by atoms with E-state index < -0.39 is 0 Å². The molecule has 0 spiro atoms. The zero-order chi connectivity index (χ0) is 37.0. The Morgan fingerprint density at radius 3 is 1.79 bits per heavy atom. The van der Waals surface area contributed by atoms with Crippen LogP contribution < -0.4 is 0 Å². The molecule has 4 heterocycles. The fourth-order valence-corrected chi connectivity index (χ4v) is 9.13. The standard InChI is InChI=1S/C51H31N3OS/c1-2-9-37(10-3-1)51-53-44(35-21-17-32(18-22-35)33-27-29-52-30-28-33)31-45(54-51)36-23-19-34(20-24-36)38-25-26-40(49-48(38)43-12-4-6-15-46(43)55-49)42-14-8-13-41-39-11-5-7-16-47(39)56-50(41)42/h1-31H. The van der Waals surface area contributed by atoms with Gasteiger partial charge in [-0.25, -0.2) is 9.97 Å². The average molecular weight is 734 g/mol. The van der Waals surface area contributed by atoms with Crippen LogP contribution in [0.3, 0.4) is 0 Å². The van der Waals surface area contributed by atoms with Crippen molar-refractivity contribution in [2.24, 2.45) is 0 Å². The van der Waals surface area contributed by atoms with Gasteiger partial charge in [-0.2, -0.15) is 0 Å². The van der Waals surface area contributed by atoms with E-state index in [0.717, 1.165) is 77.8 Å². The minimum Gasteiger partial charge on any atom is -0.455 e. The van der Waals surface area contributed by atoms with Gasteiger partial charge in [-0.15, -0.1) is 11.3 Å². The van der Waals surface area contributed by atoms with E-state index in [4.69, 9.17) is 14.4 Å². The number of pyridine rings is 1. The topological polar surface area (TPSA) is 51.8 Å². The Labute approximate surface area is 327 Å². The van der Waals surface area contributed by atoms with Gasteiger partial charge in [-0.1, -0.05) is 140 Å². The predicted molar refractivity (Wildman–Crippen MR) is 233 cm³/mol. The van der Waals surface area contributed by atoms with Crippen molar-refractivity contribution in [3.8, 4) is 67.3 Å². The summed E-state index contributed by atoms with van der Waals surface area (Å²) in [6.45, 7) is 0. The zero-order valence-electron chi connectivity index (χ0n) is 30.1. The lowest BCUT2D eigenvalue weighted by Crippen LogP contribution is -1.96. The van der Waals surface area contributed by atoms with Crippen LogP contribution in [0.2, 0.25) is 0 Å². The summed E-state index contributed by atoms with van der Waals surface area (Å²) in [5.41, 5.74) is 13.3.